The summed E-state index contributed by atoms with van der Waals surface area (Å²) in [5.41, 5.74) is 0.652. The van der Waals surface area contributed by atoms with Crippen LogP contribution in [0.1, 0.15) is 40.5 Å². The highest BCUT2D eigenvalue weighted by Crippen LogP contribution is 2.34. The third-order valence-corrected chi connectivity index (χ3v) is 3.70. The topological polar surface area (TPSA) is 23.5 Å². The van der Waals surface area contributed by atoms with Crippen LogP contribution in [-0.4, -0.2) is 36.2 Å². The molecule has 1 heterocycles. The van der Waals surface area contributed by atoms with Gasteiger partial charge in [0.15, 0.2) is 0 Å². The van der Waals surface area contributed by atoms with Crippen molar-refractivity contribution in [2.75, 3.05) is 26.2 Å². The highest BCUT2D eigenvalue weighted by atomic mass is 16.3. The standard InChI is InChI=1S/C12H25NO/c1-5-12(6-2,10-14)9-13-7-11(3,4)8-13/h14H,5-10H2,1-4H3. The summed E-state index contributed by atoms with van der Waals surface area (Å²) in [4.78, 5) is 2.48. The van der Waals surface area contributed by atoms with E-state index in [0.717, 1.165) is 19.4 Å². The Morgan fingerprint density at radius 2 is 1.71 bits per heavy atom. The molecule has 0 aliphatic carbocycles. The van der Waals surface area contributed by atoms with E-state index < -0.39 is 0 Å². The van der Waals surface area contributed by atoms with Gasteiger partial charge < -0.3 is 10.0 Å². The van der Waals surface area contributed by atoms with Gasteiger partial charge in [-0.15, -0.1) is 0 Å². The van der Waals surface area contributed by atoms with Crippen molar-refractivity contribution in [3.05, 3.63) is 0 Å². The van der Waals surface area contributed by atoms with Gasteiger partial charge in [0.2, 0.25) is 0 Å². The first-order chi connectivity index (χ1) is 6.47. The number of hydrogen-bond acceptors (Lipinski definition) is 2. The number of rotatable bonds is 5. The summed E-state index contributed by atoms with van der Waals surface area (Å²) in [6.07, 6.45) is 2.16. The quantitative estimate of drug-likeness (QED) is 0.733. The Morgan fingerprint density at radius 3 is 2.00 bits per heavy atom. The summed E-state index contributed by atoms with van der Waals surface area (Å²) in [7, 11) is 0. The Kier molecular flexibility index (Phi) is 3.59. The molecule has 0 spiro atoms. The fourth-order valence-electron chi connectivity index (χ4n) is 2.50. The van der Waals surface area contributed by atoms with Crippen LogP contribution in [0.4, 0.5) is 0 Å². The molecular formula is C12H25NO. The number of aliphatic hydroxyl groups excluding tert-OH is 1. The van der Waals surface area contributed by atoms with Crippen molar-refractivity contribution in [2.45, 2.75) is 40.5 Å². The molecule has 1 aliphatic heterocycles. The van der Waals surface area contributed by atoms with Crippen LogP contribution in [0.25, 0.3) is 0 Å². The molecule has 0 aromatic rings. The van der Waals surface area contributed by atoms with E-state index in [1.807, 2.05) is 0 Å². The molecule has 0 aromatic heterocycles. The van der Waals surface area contributed by atoms with Crippen LogP contribution in [0.2, 0.25) is 0 Å². The number of likely N-dealkylation sites (tertiary alicyclic amines) is 1. The predicted octanol–water partition coefficient (Wildman–Crippen LogP) is 2.13. The van der Waals surface area contributed by atoms with Crippen molar-refractivity contribution in [3.8, 4) is 0 Å². The van der Waals surface area contributed by atoms with Crippen LogP contribution in [0.3, 0.4) is 0 Å². The van der Waals surface area contributed by atoms with Gasteiger partial charge in [0.25, 0.3) is 0 Å². The summed E-state index contributed by atoms with van der Waals surface area (Å²) in [6.45, 7) is 12.8. The summed E-state index contributed by atoms with van der Waals surface area (Å²) in [5, 5.41) is 9.45. The number of aliphatic hydroxyl groups is 1. The molecule has 0 radical (unpaired) electrons. The summed E-state index contributed by atoms with van der Waals surface area (Å²) >= 11 is 0. The smallest absolute Gasteiger partial charge is 0.0499 e. The molecule has 1 rings (SSSR count). The molecule has 1 N–H and O–H groups in total. The molecule has 1 aliphatic rings. The molecule has 1 fully saturated rings. The van der Waals surface area contributed by atoms with Crippen molar-refractivity contribution in [1.82, 2.24) is 4.90 Å². The highest BCUT2D eigenvalue weighted by Gasteiger charge is 2.38. The summed E-state index contributed by atoms with van der Waals surface area (Å²) in [6, 6.07) is 0. The fourth-order valence-corrected chi connectivity index (χ4v) is 2.50. The van der Waals surface area contributed by atoms with Gasteiger partial charge in [-0.25, -0.2) is 0 Å². The first kappa shape index (κ1) is 12.0. The van der Waals surface area contributed by atoms with E-state index in [-0.39, 0.29) is 5.41 Å². The lowest BCUT2D eigenvalue weighted by Crippen LogP contribution is -2.56. The first-order valence-corrected chi connectivity index (χ1v) is 5.80. The molecule has 14 heavy (non-hydrogen) atoms. The van der Waals surface area contributed by atoms with E-state index in [2.05, 4.69) is 32.6 Å². The van der Waals surface area contributed by atoms with Gasteiger partial charge in [0, 0.05) is 31.7 Å². The molecule has 0 amide bonds. The Morgan fingerprint density at radius 1 is 1.21 bits per heavy atom. The maximum atomic E-state index is 9.45. The van der Waals surface area contributed by atoms with Gasteiger partial charge in [0.1, 0.15) is 0 Å². The van der Waals surface area contributed by atoms with Crippen LogP contribution >= 0.6 is 0 Å². The average molecular weight is 199 g/mol. The zero-order valence-electron chi connectivity index (χ0n) is 10.1. The number of nitrogens with zero attached hydrogens (tertiary/aromatic N) is 1. The number of hydrogen-bond donors (Lipinski definition) is 1. The van der Waals surface area contributed by atoms with Gasteiger partial charge in [0.05, 0.1) is 0 Å². The van der Waals surface area contributed by atoms with Crippen LogP contribution in [0.15, 0.2) is 0 Å². The van der Waals surface area contributed by atoms with Gasteiger partial charge in [-0.05, 0) is 18.3 Å². The van der Waals surface area contributed by atoms with Crippen molar-refractivity contribution >= 4 is 0 Å². The van der Waals surface area contributed by atoms with Gasteiger partial charge in [-0.2, -0.15) is 0 Å². The molecule has 1 saturated heterocycles. The molecule has 0 unspecified atom stereocenters. The minimum Gasteiger partial charge on any atom is -0.396 e. The Labute approximate surface area is 88.3 Å². The van der Waals surface area contributed by atoms with E-state index in [9.17, 15) is 5.11 Å². The Balaban J connectivity index is 2.42. The minimum atomic E-state index is 0.149. The lowest BCUT2D eigenvalue weighted by atomic mass is 9.78. The van der Waals surface area contributed by atoms with Crippen LogP contribution in [-0.2, 0) is 0 Å². The Bertz CT molecular complexity index is 168. The van der Waals surface area contributed by atoms with E-state index >= 15 is 0 Å². The van der Waals surface area contributed by atoms with Crippen molar-refractivity contribution in [2.24, 2.45) is 10.8 Å². The molecule has 2 heteroatoms. The monoisotopic (exact) mass is 199 g/mol. The molecule has 84 valence electrons. The minimum absolute atomic E-state index is 0.149. The molecular weight excluding hydrogens is 174 g/mol. The zero-order valence-corrected chi connectivity index (χ0v) is 10.1. The van der Waals surface area contributed by atoms with Crippen LogP contribution < -0.4 is 0 Å². The highest BCUT2D eigenvalue weighted by molar-refractivity contribution is 4.91. The van der Waals surface area contributed by atoms with E-state index in [1.165, 1.54) is 13.1 Å². The van der Waals surface area contributed by atoms with Crippen molar-refractivity contribution in [1.29, 1.82) is 0 Å². The average Bonchev–Trinajstić information content (AvgIpc) is 2.11. The third kappa shape index (κ3) is 2.48. The molecule has 0 bridgehead atoms. The lowest BCUT2D eigenvalue weighted by Gasteiger charge is -2.49. The fraction of sp³-hybridized carbons (Fsp3) is 1.00. The van der Waals surface area contributed by atoms with Crippen molar-refractivity contribution in [3.63, 3.8) is 0 Å². The zero-order chi connectivity index (χ0) is 10.8. The second-order valence-electron chi connectivity index (χ2n) is 5.67. The van der Waals surface area contributed by atoms with E-state index in [1.54, 1.807) is 0 Å². The van der Waals surface area contributed by atoms with E-state index in [4.69, 9.17) is 0 Å². The van der Waals surface area contributed by atoms with E-state index in [0.29, 0.717) is 12.0 Å². The maximum Gasteiger partial charge on any atom is 0.0499 e. The van der Waals surface area contributed by atoms with Gasteiger partial charge in [-0.3, -0.25) is 0 Å². The Hall–Kier alpha value is -0.0800. The summed E-state index contributed by atoms with van der Waals surface area (Å²) < 4.78 is 0. The second-order valence-corrected chi connectivity index (χ2v) is 5.67. The predicted molar refractivity (Wildman–Crippen MR) is 60.3 cm³/mol. The summed E-state index contributed by atoms with van der Waals surface area (Å²) in [5.74, 6) is 0. The molecule has 0 aromatic carbocycles. The third-order valence-electron chi connectivity index (χ3n) is 3.70. The van der Waals surface area contributed by atoms with Crippen LogP contribution in [0.5, 0.6) is 0 Å². The first-order valence-electron chi connectivity index (χ1n) is 5.80. The second kappa shape index (κ2) is 4.19. The normalized spacial score (nSPS) is 22.1. The van der Waals surface area contributed by atoms with Gasteiger partial charge >= 0.3 is 0 Å². The van der Waals surface area contributed by atoms with Crippen molar-refractivity contribution < 1.29 is 5.11 Å². The molecule has 2 nitrogen and oxygen atoms in total. The lowest BCUT2D eigenvalue weighted by molar-refractivity contribution is -0.0250. The molecule has 0 saturated carbocycles. The van der Waals surface area contributed by atoms with Crippen LogP contribution in [0, 0.1) is 10.8 Å². The SMILES string of the molecule is CCC(CC)(CO)CN1CC(C)(C)C1. The van der Waals surface area contributed by atoms with Gasteiger partial charge in [-0.1, -0.05) is 27.7 Å². The maximum absolute atomic E-state index is 9.45. The largest absolute Gasteiger partial charge is 0.396 e. The molecule has 0 atom stereocenters.